The lowest BCUT2D eigenvalue weighted by molar-refractivity contribution is 0.0273. The van der Waals surface area contributed by atoms with E-state index < -0.39 is 0 Å². The molecule has 1 N–H and O–H groups in total. The maximum Gasteiger partial charge on any atom is 0.271 e. The molecule has 0 unspecified atom stereocenters. The van der Waals surface area contributed by atoms with E-state index in [1.165, 1.54) is 19.3 Å². The van der Waals surface area contributed by atoms with Gasteiger partial charge in [-0.3, -0.25) is 4.79 Å². The summed E-state index contributed by atoms with van der Waals surface area (Å²) in [4.78, 5) is 15.9. The minimum Gasteiger partial charge on any atom is -0.378 e. The van der Waals surface area contributed by atoms with E-state index in [-0.39, 0.29) is 16.8 Å². The van der Waals surface area contributed by atoms with Gasteiger partial charge in [0.1, 0.15) is 10.8 Å². The van der Waals surface area contributed by atoms with E-state index in [0.29, 0.717) is 24.3 Å². The number of amides is 1. The van der Waals surface area contributed by atoms with E-state index in [1.807, 2.05) is 0 Å². The van der Waals surface area contributed by atoms with E-state index in [2.05, 4.69) is 10.3 Å². The molecule has 2 rings (SSSR count). The molecular weight excluding hydrogens is 311 g/mol. The number of nitrogens with one attached hydrogen (secondary N) is 1. The third kappa shape index (κ3) is 5.46. The predicted octanol–water partition coefficient (Wildman–Crippen LogP) is 3.86. The number of hydrogen-bond donors (Lipinski definition) is 1. The first-order valence-electron chi connectivity index (χ1n) is 7.38. The second-order valence-electron chi connectivity index (χ2n) is 5.20. The van der Waals surface area contributed by atoms with Crippen LogP contribution >= 0.6 is 23.2 Å². The molecule has 116 valence electrons. The number of pyridine rings is 1. The minimum atomic E-state index is -0.305. The van der Waals surface area contributed by atoms with Crippen LogP contribution in [0.25, 0.3) is 0 Å². The van der Waals surface area contributed by atoms with Gasteiger partial charge in [0.25, 0.3) is 5.91 Å². The van der Waals surface area contributed by atoms with Crippen LogP contribution in [-0.4, -0.2) is 30.1 Å². The largest absolute Gasteiger partial charge is 0.378 e. The standard InChI is InChI=1S/C15H20Cl2N2O2/c16-12-7-8-13(17)19-14(12)15(20)18-9-4-10-21-11-5-2-1-3-6-11/h7-8,11H,1-6,9-10H2,(H,18,20). The van der Waals surface area contributed by atoms with Crippen LogP contribution < -0.4 is 5.32 Å². The van der Waals surface area contributed by atoms with Gasteiger partial charge in [-0.25, -0.2) is 4.98 Å². The molecule has 0 aromatic carbocycles. The van der Waals surface area contributed by atoms with Crippen molar-refractivity contribution in [3.63, 3.8) is 0 Å². The Kier molecular flexibility index (Phi) is 6.74. The van der Waals surface area contributed by atoms with Crippen LogP contribution in [0.2, 0.25) is 10.2 Å². The number of nitrogens with zero attached hydrogens (tertiary/aromatic N) is 1. The van der Waals surface area contributed by atoms with Gasteiger partial charge in [-0.05, 0) is 31.4 Å². The summed E-state index contributed by atoms with van der Waals surface area (Å²) in [5.74, 6) is -0.305. The second-order valence-corrected chi connectivity index (χ2v) is 6.00. The maximum absolute atomic E-state index is 11.9. The van der Waals surface area contributed by atoms with Crippen LogP contribution in [0.1, 0.15) is 49.0 Å². The Balaban J connectivity index is 1.66. The number of carbonyl (C=O) groups is 1. The van der Waals surface area contributed by atoms with Gasteiger partial charge in [-0.2, -0.15) is 0 Å². The van der Waals surface area contributed by atoms with Crippen LogP contribution in [0.15, 0.2) is 12.1 Å². The zero-order chi connectivity index (χ0) is 15.1. The Hall–Kier alpha value is -0.840. The lowest BCUT2D eigenvalue weighted by Crippen LogP contribution is -2.27. The van der Waals surface area contributed by atoms with Gasteiger partial charge in [0.2, 0.25) is 0 Å². The average molecular weight is 331 g/mol. The van der Waals surface area contributed by atoms with Crippen LogP contribution in [-0.2, 0) is 4.74 Å². The summed E-state index contributed by atoms with van der Waals surface area (Å²) >= 11 is 11.7. The number of hydrogen-bond acceptors (Lipinski definition) is 3. The second kappa shape index (κ2) is 8.57. The van der Waals surface area contributed by atoms with E-state index >= 15 is 0 Å². The Labute approximate surface area is 135 Å². The highest BCUT2D eigenvalue weighted by Gasteiger charge is 2.14. The Morgan fingerprint density at radius 3 is 2.81 bits per heavy atom. The quantitative estimate of drug-likeness (QED) is 0.636. The molecule has 4 nitrogen and oxygen atoms in total. The predicted molar refractivity (Wildman–Crippen MR) is 84.0 cm³/mol. The number of carbonyl (C=O) groups excluding carboxylic acids is 1. The topological polar surface area (TPSA) is 51.2 Å². The van der Waals surface area contributed by atoms with E-state index in [0.717, 1.165) is 19.3 Å². The first-order chi connectivity index (χ1) is 10.2. The van der Waals surface area contributed by atoms with Gasteiger partial charge in [0.15, 0.2) is 0 Å². The molecule has 0 aliphatic heterocycles. The Morgan fingerprint density at radius 1 is 1.29 bits per heavy atom. The van der Waals surface area contributed by atoms with Crippen molar-refractivity contribution in [1.82, 2.24) is 10.3 Å². The number of ether oxygens (including phenoxy) is 1. The lowest BCUT2D eigenvalue weighted by atomic mass is 9.98. The van der Waals surface area contributed by atoms with Crippen molar-refractivity contribution in [2.75, 3.05) is 13.2 Å². The minimum absolute atomic E-state index is 0.164. The molecule has 6 heteroatoms. The summed E-state index contributed by atoms with van der Waals surface area (Å²) in [6, 6.07) is 3.12. The number of rotatable bonds is 6. The van der Waals surface area contributed by atoms with Crippen molar-refractivity contribution in [2.24, 2.45) is 0 Å². The molecule has 0 radical (unpaired) electrons. The lowest BCUT2D eigenvalue weighted by Gasteiger charge is -2.21. The molecule has 0 saturated heterocycles. The summed E-state index contributed by atoms with van der Waals surface area (Å²) in [5.41, 5.74) is 0.164. The van der Waals surface area contributed by atoms with E-state index in [4.69, 9.17) is 27.9 Å². The zero-order valence-electron chi connectivity index (χ0n) is 11.9. The molecule has 0 atom stereocenters. The molecule has 21 heavy (non-hydrogen) atoms. The van der Waals surface area contributed by atoms with Gasteiger partial charge in [-0.15, -0.1) is 0 Å². The van der Waals surface area contributed by atoms with Crippen molar-refractivity contribution < 1.29 is 9.53 Å². The van der Waals surface area contributed by atoms with Crippen molar-refractivity contribution in [3.05, 3.63) is 28.0 Å². The highest BCUT2D eigenvalue weighted by atomic mass is 35.5. The summed E-state index contributed by atoms with van der Waals surface area (Å²) in [5, 5.41) is 3.34. The maximum atomic E-state index is 11.9. The highest BCUT2D eigenvalue weighted by Crippen LogP contribution is 2.20. The summed E-state index contributed by atoms with van der Waals surface area (Å²) in [6.45, 7) is 1.21. The summed E-state index contributed by atoms with van der Waals surface area (Å²) < 4.78 is 5.80. The number of aromatic nitrogens is 1. The average Bonchev–Trinajstić information content (AvgIpc) is 2.50. The van der Waals surface area contributed by atoms with Crippen LogP contribution in [0.4, 0.5) is 0 Å². The Bertz CT molecular complexity index is 477. The van der Waals surface area contributed by atoms with Gasteiger partial charge in [0.05, 0.1) is 11.1 Å². The molecule has 1 aliphatic carbocycles. The van der Waals surface area contributed by atoms with Gasteiger partial charge >= 0.3 is 0 Å². The third-order valence-electron chi connectivity index (χ3n) is 3.54. The molecule has 1 amide bonds. The first-order valence-corrected chi connectivity index (χ1v) is 8.14. The fraction of sp³-hybridized carbons (Fsp3) is 0.600. The van der Waals surface area contributed by atoms with Gasteiger partial charge in [0, 0.05) is 13.2 Å². The third-order valence-corrected chi connectivity index (χ3v) is 4.06. The highest BCUT2D eigenvalue weighted by molar-refractivity contribution is 6.34. The SMILES string of the molecule is O=C(NCCCOC1CCCCC1)c1nc(Cl)ccc1Cl. The normalized spacial score (nSPS) is 15.9. The monoisotopic (exact) mass is 330 g/mol. The van der Waals surface area contributed by atoms with E-state index in [1.54, 1.807) is 12.1 Å². The summed E-state index contributed by atoms with van der Waals surface area (Å²) in [6.07, 6.45) is 7.35. The van der Waals surface area contributed by atoms with Crippen LogP contribution in [0, 0.1) is 0 Å². The van der Waals surface area contributed by atoms with Crippen molar-refractivity contribution in [1.29, 1.82) is 0 Å². The smallest absolute Gasteiger partial charge is 0.271 e. The van der Waals surface area contributed by atoms with Crippen molar-refractivity contribution in [2.45, 2.75) is 44.6 Å². The van der Waals surface area contributed by atoms with Gasteiger partial charge in [-0.1, -0.05) is 42.5 Å². The Morgan fingerprint density at radius 2 is 2.05 bits per heavy atom. The van der Waals surface area contributed by atoms with Gasteiger partial charge < -0.3 is 10.1 Å². The molecule has 1 fully saturated rings. The van der Waals surface area contributed by atoms with Crippen LogP contribution in [0.5, 0.6) is 0 Å². The number of halogens is 2. The molecule has 0 bridgehead atoms. The molecule has 1 heterocycles. The molecule has 0 spiro atoms. The molecule has 1 aromatic heterocycles. The van der Waals surface area contributed by atoms with E-state index in [9.17, 15) is 4.79 Å². The molecule has 1 saturated carbocycles. The fourth-order valence-electron chi connectivity index (χ4n) is 2.42. The molecular formula is C15H20Cl2N2O2. The van der Waals surface area contributed by atoms with Crippen molar-refractivity contribution in [3.8, 4) is 0 Å². The molecule has 1 aliphatic rings. The van der Waals surface area contributed by atoms with Crippen molar-refractivity contribution >= 4 is 29.1 Å². The zero-order valence-corrected chi connectivity index (χ0v) is 13.4. The van der Waals surface area contributed by atoms with Crippen LogP contribution in [0.3, 0.4) is 0 Å². The first kappa shape index (κ1) is 16.5. The fourth-order valence-corrected chi connectivity index (χ4v) is 2.76. The molecule has 1 aromatic rings. The summed E-state index contributed by atoms with van der Waals surface area (Å²) in [7, 11) is 0.